The van der Waals surface area contributed by atoms with Crippen LogP contribution in [0.25, 0.3) is 0 Å². The number of allylic oxidation sites excluding steroid dienone is 2. The molecule has 3 aliphatic rings. The fraction of sp³-hybridized carbons (Fsp3) is 0.719. The maximum Gasteiger partial charge on any atom is 0.410 e. The Morgan fingerprint density at radius 3 is 2.71 bits per heavy atom. The number of benzene rings is 1. The Bertz CT molecular complexity index is 1010. The van der Waals surface area contributed by atoms with Crippen LogP contribution >= 0.6 is 0 Å². The maximum absolute atomic E-state index is 12.9. The number of rotatable bonds is 7. The Morgan fingerprint density at radius 2 is 2.03 bits per heavy atom. The molecule has 1 aromatic rings. The summed E-state index contributed by atoms with van der Waals surface area (Å²) in [5.41, 5.74) is 1.52. The van der Waals surface area contributed by atoms with Gasteiger partial charge >= 0.3 is 6.09 Å². The van der Waals surface area contributed by atoms with Gasteiger partial charge in [-0.3, -0.25) is 0 Å². The molecule has 0 N–H and O–H groups in total. The number of carbonyl (C=O) groups excluding carboxylic acids is 1. The molecule has 0 aliphatic carbocycles. The Hall–Kier alpha value is -2.21. The maximum atomic E-state index is 12.9. The van der Waals surface area contributed by atoms with Gasteiger partial charge in [-0.25, -0.2) is 4.79 Å². The Labute approximate surface area is 230 Å². The molecule has 0 bridgehead atoms. The van der Waals surface area contributed by atoms with Crippen LogP contribution in [0.4, 0.5) is 4.79 Å². The van der Waals surface area contributed by atoms with Gasteiger partial charge in [0, 0.05) is 30.5 Å². The van der Waals surface area contributed by atoms with Crippen molar-refractivity contribution >= 4 is 6.09 Å². The molecule has 2 fully saturated rings. The first-order valence-electron chi connectivity index (χ1n) is 14.6. The first-order valence-corrected chi connectivity index (χ1v) is 14.6. The third-order valence-electron chi connectivity index (χ3n) is 8.14. The molecule has 2 saturated heterocycles. The van der Waals surface area contributed by atoms with Crippen molar-refractivity contribution in [3.05, 3.63) is 35.4 Å². The van der Waals surface area contributed by atoms with Crippen LogP contribution in [-0.4, -0.2) is 48.0 Å². The van der Waals surface area contributed by atoms with Crippen molar-refractivity contribution in [2.24, 2.45) is 17.8 Å². The van der Waals surface area contributed by atoms with Crippen LogP contribution in [0.5, 0.6) is 11.5 Å². The highest BCUT2D eigenvalue weighted by Gasteiger charge is 2.54. The molecule has 1 amide bonds. The van der Waals surface area contributed by atoms with E-state index in [1.54, 1.807) is 0 Å². The van der Waals surface area contributed by atoms with Gasteiger partial charge in [0.05, 0.1) is 18.8 Å². The monoisotopic (exact) mass is 527 g/mol. The Morgan fingerprint density at radius 1 is 1.26 bits per heavy atom. The minimum atomic E-state index is -0.499. The summed E-state index contributed by atoms with van der Waals surface area (Å²) in [6.45, 7) is 18.7. The number of carbonyl (C=O) groups is 1. The molecule has 3 aliphatic heterocycles. The summed E-state index contributed by atoms with van der Waals surface area (Å²) >= 11 is 0. The van der Waals surface area contributed by atoms with Crippen LogP contribution in [-0.2, 0) is 9.47 Å². The predicted molar refractivity (Wildman–Crippen MR) is 151 cm³/mol. The van der Waals surface area contributed by atoms with Gasteiger partial charge < -0.3 is 23.8 Å². The van der Waals surface area contributed by atoms with Gasteiger partial charge in [-0.2, -0.15) is 0 Å². The van der Waals surface area contributed by atoms with Crippen molar-refractivity contribution < 1.29 is 23.7 Å². The summed E-state index contributed by atoms with van der Waals surface area (Å²) < 4.78 is 25.8. The molecule has 0 radical (unpaired) electrons. The summed E-state index contributed by atoms with van der Waals surface area (Å²) in [6.07, 6.45) is 6.77. The van der Waals surface area contributed by atoms with E-state index in [1.807, 2.05) is 31.7 Å². The van der Waals surface area contributed by atoms with Crippen molar-refractivity contribution in [1.29, 1.82) is 0 Å². The molecule has 3 heterocycles. The largest absolute Gasteiger partial charge is 0.490 e. The molecule has 4 rings (SSSR count). The molecule has 0 saturated carbocycles. The number of likely N-dealkylation sites (tertiary alicyclic amines) is 1. The van der Waals surface area contributed by atoms with Gasteiger partial charge in [-0.05, 0) is 85.6 Å². The fourth-order valence-corrected chi connectivity index (χ4v) is 6.08. The van der Waals surface area contributed by atoms with E-state index in [2.05, 4.69) is 52.8 Å². The van der Waals surface area contributed by atoms with Gasteiger partial charge in [0.2, 0.25) is 0 Å². The van der Waals surface area contributed by atoms with Crippen LogP contribution in [0.15, 0.2) is 29.8 Å². The lowest BCUT2D eigenvalue weighted by Crippen LogP contribution is -2.57. The smallest absolute Gasteiger partial charge is 0.410 e. The molecular weight excluding hydrogens is 478 g/mol. The number of amides is 1. The molecule has 212 valence electrons. The highest BCUT2D eigenvalue weighted by Crippen LogP contribution is 2.56. The zero-order valence-corrected chi connectivity index (χ0v) is 24.8. The average Bonchev–Trinajstić information content (AvgIpc) is 2.82. The molecule has 0 spiro atoms. The minimum absolute atomic E-state index is 0.0431. The first-order chi connectivity index (χ1) is 17.9. The summed E-state index contributed by atoms with van der Waals surface area (Å²) in [7, 11) is 0. The number of hydrogen-bond acceptors (Lipinski definition) is 5. The fourth-order valence-electron chi connectivity index (χ4n) is 6.08. The van der Waals surface area contributed by atoms with E-state index in [-0.39, 0.29) is 30.1 Å². The molecule has 5 atom stereocenters. The summed E-state index contributed by atoms with van der Waals surface area (Å²) in [6, 6.07) is 6.24. The summed E-state index contributed by atoms with van der Waals surface area (Å²) in [5.74, 6) is 2.70. The highest BCUT2D eigenvalue weighted by molar-refractivity contribution is 5.68. The molecular formula is C32H49NO5. The SMILES string of the molecule is CC(C)=CCC[C@@]1(C)Oc2c(OCCC(C)C)cccc2[C@H]2O[C@H]3CCN(C(=O)OC(C)(C)C)C[C@@H]3C[C@@H]21. The molecule has 0 unspecified atom stereocenters. The lowest BCUT2D eigenvalue weighted by atomic mass is 9.68. The van der Waals surface area contributed by atoms with Crippen LogP contribution < -0.4 is 9.47 Å². The van der Waals surface area contributed by atoms with Crippen LogP contribution in [0.3, 0.4) is 0 Å². The zero-order chi connectivity index (χ0) is 27.7. The molecule has 1 aromatic carbocycles. The van der Waals surface area contributed by atoms with Crippen LogP contribution in [0, 0.1) is 17.8 Å². The summed E-state index contributed by atoms with van der Waals surface area (Å²) in [4.78, 5) is 14.7. The average molecular weight is 528 g/mol. The first kappa shape index (κ1) is 28.8. The Balaban J connectivity index is 1.60. The number of hydrogen-bond donors (Lipinski definition) is 0. The second-order valence-corrected chi connectivity index (χ2v) is 13.4. The van der Waals surface area contributed by atoms with Crippen molar-refractivity contribution in [2.45, 2.75) is 111 Å². The summed E-state index contributed by atoms with van der Waals surface area (Å²) in [5, 5.41) is 0. The molecule has 38 heavy (non-hydrogen) atoms. The zero-order valence-electron chi connectivity index (χ0n) is 24.8. The topological polar surface area (TPSA) is 57.2 Å². The standard InChI is InChI=1S/C32H49NO5/c1-21(2)11-10-16-32(8)25-19-23-20-33(30(34)38-31(5,6)7)17-14-26(23)36-28(25)24-12-9-13-27(29(24)37-32)35-18-15-22(3)4/h9,11-13,22-23,25-26,28H,10,14-20H2,1-8H3/t23-,25-,26-,28+,32+/m0/s1. The second-order valence-electron chi connectivity index (χ2n) is 13.4. The number of para-hydroxylation sites is 1. The van der Waals surface area contributed by atoms with Crippen molar-refractivity contribution in [1.82, 2.24) is 4.90 Å². The number of piperidine rings is 1. The van der Waals surface area contributed by atoms with E-state index in [0.717, 1.165) is 49.2 Å². The number of fused-ring (bicyclic) bond motifs is 4. The lowest BCUT2D eigenvalue weighted by molar-refractivity contribution is -0.191. The highest BCUT2D eigenvalue weighted by atomic mass is 16.6. The van der Waals surface area contributed by atoms with Gasteiger partial charge in [-0.1, -0.05) is 37.6 Å². The van der Waals surface area contributed by atoms with Crippen molar-refractivity contribution in [3.8, 4) is 11.5 Å². The number of ether oxygens (including phenoxy) is 4. The van der Waals surface area contributed by atoms with Gasteiger partial charge in [0.1, 0.15) is 11.2 Å². The van der Waals surface area contributed by atoms with E-state index < -0.39 is 11.2 Å². The molecule has 6 nitrogen and oxygen atoms in total. The second kappa shape index (κ2) is 11.5. The van der Waals surface area contributed by atoms with E-state index in [0.29, 0.717) is 25.6 Å². The third-order valence-corrected chi connectivity index (χ3v) is 8.14. The van der Waals surface area contributed by atoms with Crippen molar-refractivity contribution in [3.63, 3.8) is 0 Å². The third kappa shape index (κ3) is 6.67. The quantitative estimate of drug-likeness (QED) is 0.340. The minimum Gasteiger partial charge on any atom is -0.490 e. The van der Waals surface area contributed by atoms with Crippen molar-refractivity contribution in [2.75, 3.05) is 19.7 Å². The van der Waals surface area contributed by atoms with Gasteiger partial charge in [-0.15, -0.1) is 0 Å². The van der Waals surface area contributed by atoms with E-state index in [1.165, 1.54) is 5.57 Å². The van der Waals surface area contributed by atoms with E-state index in [9.17, 15) is 4.79 Å². The van der Waals surface area contributed by atoms with Gasteiger partial charge in [0.15, 0.2) is 11.5 Å². The lowest BCUT2D eigenvalue weighted by Gasteiger charge is -2.54. The van der Waals surface area contributed by atoms with E-state index in [4.69, 9.17) is 18.9 Å². The van der Waals surface area contributed by atoms with Crippen LogP contribution in [0.2, 0.25) is 0 Å². The normalized spacial score (nSPS) is 28.5. The Kier molecular flexibility index (Phi) is 8.71. The van der Waals surface area contributed by atoms with E-state index >= 15 is 0 Å². The number of nitrogens with zero attached hydrogens (tertiary/aromatic N) is 1. The van der Waals surface area contributed by atoms with Crippen LogP contribution in [0.1, 0.15) is 99.2 Å². The molecule has 0 aromatic heterocycles. The predicted octanol–water partition coefficient (Wildman–Crippen LogP) is 7.71. The van der Waals surface area contributed by atoms with Gasteiger partial charge in [0.25, 0.3) is 0 Å². The molecule has 6 heteroatoms.